The van der Waals surface area contributed by atoms with Gasteiger partial charge in [0.05, 0.1) is 12.8 Å². The lowest BCUT2D eigenvalue weighted by Crippen LogP contribution is -2.56. The van der Waals surface area contributed by atoms with Crippen molar-refractivity contribution in [2.75, 3.05) is 44.8 Å². The van der Waals surface area contributed by atoms with Crippen molar-refractivity contribution in [3.05, 3.63) is 24.3 Å². The van der Waals surface area contributed by atoms with Gasteiger partial charge in [0.15, 0.2) is 0 Å². The number of hydrogen-bond acceptors (Lipinski definition) is 4. The second-order valence-corrected chi connectivity index (χ2v) is 6.01. The van der Waals surface area contributed by atoms with Gasteiger partial charge in [-0.15, -0.1) is 0 Å². The molecule has 2 N–H and O–H groups in total. The van der Waals surface area contributed by atoms with Gasteiger partial charge in [-0.2, -0.15) is 0 Å². The summed E-state index contributed by atoms with van der Waals surface area (Å²) in [7, 11) is 1.68. The Morgan fingerprint density at radius 1 is 1.36 bits per heavy atom. The van der Waals surface area contributed by atoms with Crippen LogP contribution in [0.5, 0.6) is 5.75 Å². The van der Waals surface area contributed by atoms with Crippen LogP contribution in [0.4, 0.5) is 10.5 Å². The molecule has 2 aliphatic heterocycles. The molecular formula is C16H23N3O3. The van der Waals surface area contributed by atoms with Crippen LogP contribution in [0.3, 0.4) is 0 Å². The van der Waals surface area contributed by atoms with Crippen LogP contribution in [0.2, 0.25) is 0 Å². The molecule has 2 amide bonds. The molecule has 6 heteroatoms. The Balaban J connectivity index is 1.53. The Kier molecular flexibility index (Phi) is 4.38. The van der Waals surface area contributed by atoms with E-state index in [4.69, 9.17) is 9.84 Å². The van der Waals surface area contributed by atoms with E-state index in [-0.39, 0.29) is 24.6 Å². The number of benzene rings is 1. The van der Waals surface area contributed by atoms with E-state index >= 15 is 0 Å². The molecular weight excluding hydrogens is 282 g/mol. The third-order valence-electron chi connectivity index (χ3n) is 4.44. The normalized spacial score (nSPS) is 21.6. The van der Waals surface area contributed by atoms with Crippen molar-refractivity contribution in [1.29, 1.82) is 0 Å². The van der Waals surface area contributed by atoms with Gasteiger partial charge in [-0.3, -0.25) is 0 Å². The summed E-state index contributed by atoms with van der Waals surface area (Å²) in [6, 6.07) is 8.10. The van der Waals surface area contributed by atoms with E-state index in [1.165, 1.54) is 0 Å². The first kappa shape index (κ1) is 15.0. The van der Waals surface area contributed by atoms with Gasteiger partial charge in [-0.25, -0.2) is 4.79 Å². The van der Waals surface area contributed by atoms with Crippen LogP contribution < -0.4 is 15.0 Å². The van der Waals surface area contributed by atoms with Crippen molar-refractivity contribution >= 4 is 11.7 Å². The first-order chi connectivity index (χ1) is 10.7. The van der Waals surface area contributed by atoms with E-state index in [0.717, 1.165) is 30.9 Å². The predicted molar refractivity (Wildman–Crippen MR) is 84.3 cm³/mol. The molecule has 6 nitrogen and oxygen atoms in total. The number of para-hydroxylation sites is 2. The molecule has 0 aliphatic carbocycles. The molecule has 120 valence electrons. The second kappa shape index (κ2) is 6.44. The van der Waals surface area contributed by atoms with Crippen molar-refractivity contribution < 1.29 is 14.6 Å². The number of methoxy groups -OCH3 is 1. The number of carbonyl (C=O) groups excluding carboxylic acids is 1. The number of carbonyl (C=O) groups is 1. The molecule has 2 fully saturated rings. The van der Waals surface area contributed by atoms with E-state index in [0.29, 0.717) is 13.1 Å². The fourth-order valence-electron chi connectivity index (χ4n) is 3.10. The number of likely N-dealkylation sites (tertiary alicyclic amines) is 1. The summed E-state index contributed by atoms with van der Waals surface area (Å²) in [5.74, 6) is 1.11. The number of hydrogen-bond donors (Lipinski definition) is 2. The average Bonchev–Trinajstić information content (AvgIpc) is 2.94. The first-order valence-corrected chi connectivity index (χ1v) is 7.75. The number of amides is 2. The van der Waals surface area contributed by atoms with Gasteiger partial charge in [0.2, 0.25) is 0 Å². The van der Waals surface area contributed by atoms with E-state index in [2.05, 4.69) is 10.2 Å². The zero-order valence-corrected chi connectivity index (χ0v) is 12.9. The van der Waals surface area contributed by atoms with Crippen LogP contribution in [-0.2, 0) is 0 Å². The summed E-state index contributed by atoms with van der Waals surface area (Å²) in [6.07, 6.45) is 0.932. The molecule has 22 heavy (non-hydrogen) atoms. The Hall–Kier alpha value is -1.95. The maximum absolute atomic E-state index is 12.1. The molecule has 3 rings (SSSR count). The molecule has 0 bridgehead atoms. The molecule has 0 unspecified atom stereocenters. The first-order valence-electron chi connectivity index (χ1n) is 7.75. The lowest BCUT2D eigenvalue weighted by atomic mass is 10.0. The van der Waals surface area contributed by atoms with Crippen LogP contribution in [0.1, 0.15) is 6.42 Å². The number of anilines is 1. The molecule has 1 aromatic carbocycles. The van der Waals surface area contributed by atoms with Crippen LogP contribution in [0, 0.1) is 5.92 Å². The molecule has 2 aliphatic rings. The number of rotatable bonds is 4. The van der Waals surface area contributed by atoms with Gasteiger partial charge in [0.1, 0.15) is 5.75 Å². The fraction of sp³-hybridized carbons (Fsp3) is 0.562. The van der Waals surface area contributed by atoms with Crippen molar-refractivity contribution in [2.45, 2.75) is 12.5 Å². The molecule has 0 saturated carbocycles. The van der Waals surface area contributed by atoms with Crippen molar-refractivity contribution in [3.8, 4) is 5.75 Å². The van der Waals surface area contributed by atoms with Crippen molar-refractivity contribution in [1.82, 2.24) is 10.2 Å². The minimum atomic E-state index is -0.0171. The van der Waals surface area contributed by atoms with Gasteiger partial charge in [-0.05, 0) is 18.6 Å². The maximum Gasteiger partial charge on any atom is 0.317 e. The summed E-state index contributed by atoms with van der Waals surface area (Å²) in [6.45, 7) is 3.18. The van der Waals surface area contributed by atoms with Crippen LogP contribution in [0.15, 0.2) is 24.3 Å². The highest BCUT2D eigenvalue weighted by Gasteiger charge is 2.32. The Labute approximate surface area is 130 Å². The van der Waals surface area contributed by atoms with Crippen molar-refractivity contribution in [3.63, 3.8) is 0 Å². The van der Waals surface area contributed by atoms with Gasteiger partial charge in [0, 0.05) is 44.7 Å². The summed E-state index contributed by atoms with van der Waals surface area (Å²) >= 11 is 0. The highest BCUT2D eigenvalue weighted by Crippen LogP contribution is 2.30. The molecule has 2 saturated heterocycles. The number of nitrogens with zero attached hydrogens (tertiary/aromatic N) is 2. The number of aliphatic hydroxyl groups is 1. The van der Waals surface area contributed by atoms with Crippen LogP contribution >= 0.6 is 0 Å². The third-order valence-corrected chi connectivity index (χ3v) is 4.44. The van der Waals surface area contributed by atoms with E-state index in [9.17, 15) is 4.79 Å². The monoisotopic (exact) mass is 305 g/mol. The Morgan fingerprint density at radius 3 is 2.86 bits per heavy atom. The lowest BCUT2D eigenvalue weighted by molar-refractivity contribution is 0.0765. The number of urea groups is 1. The fourth-order valence-corrected chi connectivity index (χ4v) is 3.10. The SMILES string of the molecule is COc1ccccc1N1CC[C@@H](NC(=O)N2CC(CO)C2)C1. The highest BCUT2D eigenvalue weighted by molar-refractivity contribution is 5.75. The van der Waals surface area contributed by atoms with Gasteiger partial charge in [0.25, 0.3) is 0 Å². The van der Waals surface area contributed by atoms with Crippen LogP contribution in [-0.4, -0.2) is 62.0 Å². The molecule has 1 aromatic rings. The van der Waals surface area contributed by atoms with E-state index in [1.54, 1.807) is 12.0 Å². The summed E-state index contributed by atoms with van der Waals surface area (Å²) in [5, 5.41) is 12.1. The predicted octanol–water partition coefficient (Wildman–Crippen LogP) is 0.908. The second-order valence-electron chi connectivity index (χ2n) is 6.01. The minimum absolute atomic E-state index is 0.0171. The zero-order chi connectivity index (χ0) is 15.5. The maximum atomic E-state index is 12.1. The molecule has 0 radical (unpaired) electrons. The molecule has 1 atom stereocenters. The third kappa shape index (κ3) is 2.97. The smallest absolute Gasteiger partial charge is 0.317 e. The minimum Gasteiger partial charge on any atom is -0.495 e. The standard InChI is InChI=1S/C16H23N3O3/c1-22-15-5-3-2-4-14(15)18-7-6-13(10-18)17-16(21)19-8-12(9-19)11-20/h2-5,12-13,20H,6-11H2,1H3,(H,17,21)/t13-/m1/s1. The summed E-state index contributed by atoms with van der Waals surface area (Å²) < 4.78 is 5.40. The van der Waals surface area contributed by atoms with Crippen LogP contribution in [0.25, 0.3) is 0 Å². The summed E-state index contributed by atoms with van der Waals surface area (Å²) in [4.78, 5) is 16.1. The number of ether oxygens (including phenoxy) is 1. The quantitative estimate of drug-likeness (QED) is 0.868. The lowest BCUT2D eigenvalue weighted by Gasteiger charge is -2.38. The number of aliphatic hydroxyl groups excluding tert-OH is 1. The van der Waals surface area contributed by atoms with Gasteiger partial charge in [-0.1, -0.05) is 12.1 Å². The molecule has 0 aromatic heterocycles. The largest absolute Gasteiger partial charge is 0.495 e. The molecule has 2 heterocycles. The zero-order valence-electron chi connectivity index (χ0n) is 12.9. The van der Waals surface area contributed by atoms with Crippen molar-refractivity contribution in [2.24, 2.45) is 5.92 Å². The average molecular weight is 305 g/mol. The van der Waals surface area contributed by atoms with E-state index < -0.39 is 0 Å². The Bertz CT molecular complexity index is 531. The van der Waals surface area contributed by atoms with Gasteiger partial charge >= 0.3 is 6.03 Å². The van der Waals surface area contributed by atoms with E-state index in [1.807, 2.05) is 24.3 Å². The topological polar surface area (TPSA) is 65.0 Å². The molecule has 0 spiro atoms. The van der Waals surface area contributed by atoms with Gasteiger partial charge < -0.3 is 25.0 Å². The highest BCUT2D eigenvalue weighted by atomic mass is 16.5. The summed E-state index contributed by atoms with van der Waals surface area (Å²) in [5.41, 5.74) is 1.08. The Morgan fingerprint density at radius 2 is 2.14 bits per heavy atom. The number of nitrogens with one attached hydrogen (secondary N) is 1.